The van der Waals surface area contributed by atoms with Gasteiger partial charge < -0.3 is 16.0 Å². The van der Waals surface area contributed by atoms with E-state index in [1.165, 1.54) is 15.5 Å². The van der Waals surface area contributed by atoms with E-state index < -0.39 is 23.2 Å². The van der Waals surface area contributed by atoms with Gasteiger partial charge in [-0.05, 0) is 11.8 Å². The molecule has 28 heavy (non-hydrogen) atoms. The van der Waals surface area contributed by atoms with Gasteiger partial charge in [-0.2, -0.15) is 0 Å². The molecule has 0 aromatic carbocycles. The Balaban J connectivity index is 3.22. The van der Waals surface area contributed by atoms with Gasteiger partial charge in [-0.25, -0.2) is 9.59 Å². The molecule has 1 aromatic rings. The van der Waals surface area contributed by atoms with E-state index >= 15 is 0 Å². The van der Waals surface area contributed by atoms with Crippen molar-refractivity contribution in [1.82, 2.24) is 20.2 Å². The first kappa shape index (κ1) is 23.0. The Labute approximate surface area is 163 Å². The van der Waals surface area contributed by atoms with Crippen LogP contribution >= 0.6 is 0 Å². The molecule has 0 unspecified atom stereocenters. The van der Waals surface area contributed by atoms with E-state index in [2.05, 4.69) is 22.2 Å². The number of hydrogen-bond donors (Lipinski definition) is 4. The average molecular weight is 394 g/mol. The summed E-state index contributed by atoms with van der Waals surface area (Å²) in [6, 6.07) is -0.666. The molecule has 0 fully saturated rings. The highest BCUT2D eigenvalue weighted by Crippen LogP contribution is 2.18. The van der Waals surface area contributed by atoms with Gasteiger partial charge in [-0.1, -0.05) is 33.8 Å². The fraction of sp³-hybridized carbons (Fsp3) is 0.556. The van der Waals surface area contributed by atoms with Gasteiger partial charge >= 0.3 is 11.7 Å². The molecule has 0 saturated carbocycles. The molecule has 5 N–H and O–H groups in total. The second-order valence-electron chi connectivity index (χ2n) is 7.32. The lowest BCUT2D eigenvalue weighted by Crippen LogP contribution is -2.47. The highest BCUT2D eigenvalue weighted by Gasteiger charge is 2.22. The van der Waals surface area contributed by atoms with Crippen molar-refractivity contribution in [2.24, 2.45) is 11.8 Å². The summed E-state index contributed by atoms with van der Waals surface area (Å²) in [6.07, 6.45) is 1.48. The number of nitrogens with one attached hydrogen (secondary N) is 3. The van der Waals surface area contributed by atoms with Crippen LogP contribution in [0.3, 0.4) is 0 Å². The van der Waals surface area contributed by atoms with Crippen molar-refractivity contribution in [1.29, 1.82) is 0 Å². The maximum atomic E-state index is 12.5. The quantitative estimate of drug-likeness (QED) is 0.442. The molecule has 0 saturated heterocycles. The Bertz CT molecular complexity index is 824. The summed E-state index contributed by atoms with van der Waals surface area (Å²) in [7, 11) is 0. The lowest BCUT2D eigenvalue weighted by atomic mass is 10.2. The zero-order valence-corrected chi connectivity index (χ0v) is 16.9. The first-order valence-corrected chi connectivity index (χ1v) is 9.12. The van der Waals surface area contributed by atoms with Crippen LogP contribution in [0.15, 0.2) is 22.2 Å². The first-order chi connectivity index (χ1) is 13.1. The van der Waals surface area contributed by atoms with Gasteiger partial charge in [0.05, 0.1) is 6.54 Å². The number of nitrogen functional groups attached to an aromatic ring is 1. The Morgan fingerprint density at radius 3 is 2.43 bits per heavy atom. The van der Waals surface area contributed by atoms with Gasteiger partial charge in [0.25, 0.3) is 5.56 Å². The molecule has 0 aliphatic heterocycles. The van der Waals surface area contributed by atoms with Crippen molar-refractivity contribution >= 4 is 23.4 Å². The smallest absolute Gasteiger partial charge is 0.330 e. The summed E-state index contributed by atoms with van der Waals surface area (Å²) in [5, 5.41) is 4.62. The van der Waals surface area contributed by atoms with E-state index in [-0.39, 0.29) is 36.4 Å². The first-order valence-electron chi connectivity index (χ1n) is 9.12. The van der Waals surface area contributed by atoms with Crippen molar-refractivity contribution in [2.75, 3.05) is 30.3 Å². The van der Waals surface area contributed by atoms with Crippen molar-refractivity contribution in [3.8, 4) is 0 Å². The number of carbonyl (C=O) groups excluding carboxylic acids is 2. The van der Waals surface area contributed by atoms with Crippen molar-refractivity contribution in [3.05, 3.63) is 33.5 Å². The monoisotopic (exact) mass is 394 g/mol. The van der Waals surface area contributed by atoms with Crippen LogP contribution < -0.4 is 32.5 Å². The van der Waals surface area contributed by atoms with Gasteiger partial charge in [0, 0.05) is 19.6 Å². The second-order valence-corrected chi connectivity index (χ2v) is 7.32. The summed E-state index contributed by atoms with van der Waals surface area (Å²) < 4.78 is 1.28. The predicted molar refractivity (Wildman–Crippen MR) is 109 cm³/mol. The minimum absolute atomic E-state index is 0.00740. The third kappa shape index (κ3) is 6.60. The molecule has 0 aliphatic carbocycles. The molecule has 0 spiro atoms. The molecule has 0 radical (unpaired) electrons. The number of urea groups is 1. The average Bonchev–Trinajstić information content (AvgIpc) is 2.55. The number of rotatable bonds is 9. The van der Waals surface area contributed by atoms with Crippen LogP contribution in [0.25, 0.3) is 0 Å². The predicted octanol–water partition coefficient (Wildman–Crippen LogP) is 0.249. The summed E-state index contributed by atoms with van der Waals surface area (Å²) in [5.74, 6) is -0.407. The van der Waals surface area contributed by atoms with Gasteiger partial charge in [-0.3, -0.25) is 24.5 Å². The van der Waals surface area contributed by atoms with Gasteiger partial charge in [0.2, 0.25) is 5.91 Å². The SMILES string of the molecule is C=CCNC(=O)NC(=O)CN(CC(C)C)c1c(N)n(CC(C)C)c(=O)[nH]c1=O. The number of anilines is 2. The Hall–Kier alpha value is -3.04. The highest BCUT2D eigenvalue weighted by atomic mass is 16.2. The minimum Gasteiger partial charge on any atom is -0.383 e. The Morgan fingerprint density at radius 1 is 1.25 bits per heavy atom. The zero-order chi connectivity index (χ0) is 21.4. The van der Waals surface area contributed by atoms with Crippen molar-refractivity contribution in [3.63, 3.8) is 0 Å². The summed E-state index contributed by atoms with van der Waals surface area (Å²) in [6.45, 7) is 11.7. The lowest BCUT2D eigenvalue weighted by Gasteiger charge is -2.27. The molecule has 1 heterocycles. The molecule has 0 aliphatic rings. The van der Waals surface area contributed by atoms with E-state index in [4.69, 9.17) is 5.73 Å². The molecule has 10 heteroatoms. The van der Waals surface area contributed by atoms with Gasteiger partial charge in [-0.15, -0.1) is 6.58 Å². The number of aromatic amines is 1. The summed E-state index contributed by atoms with van der Waals surface area (Å²) >= 11 is 0. The van der Waals surface area contributed by atoms with Gasteiger partial charge in [0.15, 0.2) is 0 Å². The number of carbonyl (C=O) groups is 2. The number of H-pyrrole nitrogens is 1. The second kappa shape index (κ2) is 10.3. The topological polar surface area (TPSA) is 142 Å². The standard InChI is InChI=1S/C18H30N6O4/c1-6-7-20-17(27)21-13(25)10-23(8-11(2)3)14-15(19)24(9-12(4)5)18(28)22-16(14)26/h6,11-12H,1,7-10,19H2,2-5H3,(H,22,26,28)(H2,20,21,25,27). The fourth-order valence-electron chi connectivity index (χ4n) is 2.65. The maximum absolute atomic E-state index is 12.5. The minimum atomic E-state index is -0.674. The normalized spacial score (nSPS) is 10.8. The molecule has 0 atom stereocenters. The maximum Gasteiger partial charge on any atom is 0.330 e. The number of imide groups is 1. The molecular formula is C18H30N6O4. The number of amides is 3. The van der Waals surface area contributed by atoms with E-state index in [1.54, 1.807) is 0 Å². The molecule has 0 bridgehead atoms. The fourth-order valence-corrected chi connectivity index (χ4v) is 2.65. The Kier molecular flexibility index (Phi) is 8.49. The van der Waals surface area contributed by atoms with Crippen LogP contribution in [0.1, 0.15) is 27.7 Å². The molecule has 156 valence electrons. The zero-order valence-electron chi connectivity index (χ0n) is 16.9. The van der Waals surface area contributed by atoms with E-state index in [9.17, 15) is 19.2 Å². The van der Waals surface area contributed by atoms with Crippen molar-refractivity contribution in [2.45, 2.75) is 34.2 Å². The summed E-state index contributed by atoms with van der Waals surface area (Å²) in [5.41, 5.74) is 4.90. The Morgan fingerprint density at radius 2 is 1.89 bits per heavy atom. The van der Waals surface area contributed by atoms with Crippen LogP contribution in [0.2, 0.25) is 0 Å². The van der Waals surface area contributed by atoms with Crippen LogP contribution in [0, 0.1) is 11.8 Å². The highest BCUT2D eigenvalue weighted by molar-refractivity contribution is 5.96. The number of nitrogens with zero attached hydrogens (tertiary/aromatic N) is 2. The van der Waals surface area contributed by atoms with Crippen LogP contribution in [-0.4, -0.2) is 41.1 Å². The third-order valence-corrected chi connectivity index (χ3v) is 3.66. The molecule has 10 nitrogen and oxygen atoms in total. The molecular weight excluding hydrogens is 364 g/mol. The van der Waals surface area contributed by atoms with Crippen LogP contribution in [-0.2, 0) is 11.3 Å². The number of nitrogens with two attached hydrogens (primary N) is 1. The number of hydrogen-bond acceptors (Lipinski definition) is 6. The van der Waals surface area contributed by atoms with E-state index in [0.717, 1.165) is 0 Å². The largest absolute Gasteiger partial charge is 0.383 e. The molecule has 1 rings (SSSR count). The number of aromatic nitrogens is 2. The summed E-state index contributed by atoms with van der Waals surface area (Å²) in [4.78, 5) is 52.3. The van der Waals surface area contributed by atoms with Crippen LogP contribution in [0.5, 0.6) is 0 Å². The van der Waals surface area contributed by atoms with E-state index in [0.29, 0.717) is 13.1 Å². The third-order valence-electron chi connectivity index (χ3n) is 3.66. The van der Waals surface area contributed by atoms with Gasteiger partial charge in [0.1, 0.15) is 11.5 Å². The van der Waals surface area contributed by atoms with Crippen molar-refractivity contribution < 1.29 is 9.59 Å². The molecule has 1 aromatic heterocycles. The van der Waals surface area contributed by atoms with E-state index in [1.807, 2.05) is 27.7 Å². The lowest BCUT2D eigenvalue weighted by molar-refractivity contribution is -0.118. The molecule has 3 amide bonds. The van der Waals surface area contributed by atoms with Crippen LogP contribution in [0.4, 0.5) is 16.3 Å².